The molecule has 1 aromatic carbocycles. The molecule has 14 heavy (non-hydrogen) atoms. The van der Waals surface area contributed by atoms with E-state index in [2.05, 4.69) is 0 Å². The smallest absolute Gasteiger partial charge is 0.225 e. The van der Waals surface area contributed by atoms with Gasteiger partial charge in [0.1, 0.15) is 0 Å². The highest BCUT2D eigenvalue weighted by molar-refractivity contribution is 7.92. The number of halogens is 1. The van der Waals surface area contributed by atoms with Gasteiger partial charge in [-0.1, -0.05) is 23.7 Å². The summed E-state index contributed by atoms with van der Waals surface area (Å²) in [4.78, 5) is 0. The van der Waals surface area contributed by atoms with E-state index in [-0.39, 0.29) is 0 Å². The summed E-state index contributed by atoms with van der Waals surface area (Å²) in [6.07, 6.45) is 0. The number of hydrogen-bond donors (Lipinski definition) is 1. The molecule has 0 saturated heterocycles. The highest BCUT2D eigenvalue weighted by Crippen LogP contribution is 2.18. The van der Waals surface area contributed by atoms with Crippen molar-refractivity contribution in [2.75, 3.05) is 0 Å². The zero-order valence-corrected chi connectivity index (χ0v) is 9.14. The van der Waals surface area contributed by atoms with Crippen molar-refractivity contribution in [2.45, 2.75) is 6.92 Å². The minimum Gasteiger partial charge on any atom is -0.225 e. The molecule has 76 valence electrons. The highest BCUT2D eigenvalue weighted by Gasteiger charge is 2.01. The summed E-state index contributed by atoms with van der Waals surface area (Å²) in [6, 6.07) is 6.91. The lowest BCUT2D eigenvalue weighted by Gasteiger charge is -2.00. The summed E-state index contributed by atoms with van der Waals surface area (Å²) in [5, 5.41) is 6.45. The fourth-order valence-electron chi connectivity index (χ4n) is 1.05. The molecule has 0 heterocycles. The Morgan fingerprint density at radius 1 is 1.50 bits per heavy atom. The van der Waals surface area contributed by atoms with Crippen LogP contribution in [-0.4, -0.2) is 8.42 Å². The summed E-state index contributed by atoms with van der Waals surface area (Å²) in [5.41, 5.74) is 1.31. The zero-order chi connectivity index (χ0) is 10.8. The normalized spacial score (nSPS) is 12.9. The third-order valence-electron chi connectivity index (χ3n) is 1.62. The van der Waals surface area contributed by atoms with Crippen molar-refractivity contribution in [3.05, 3.63) is 40.3 Å². The highest BCUT2D eigenvalue weighted by atomic mass is 35.5. The predicted molar refractivity (Wildman–Crippen MR) is 58.2 cm³/mol. The lowest BCUT2D eigenvalue weighted by atomic mass is 10.1. The van der Waals surface area contributed by atoms with Crippen molar-refractivity contribution in [2.24, 2.45) is 5.14 Å². The second kappa shape index (κ2) is 4.13. The second-order valence-corrected chi connectivity index (χ2v) is 4.75. The minimum atomic E-state index is -3.59. The maximum absolute atomic E-state index is 10.8. The Balaban J connectivity index is 3.13. The van der Waals surface area contributed by atoms with Gasteiger partial charge in [-0.3, -0.25) is 0 Å². The van der Waals surface area contributed by atoms with Crippen LogP contribution in [0.5, 0.6) is 0 Å². The first-order valence-corrected chi connectivity index (χ1v) is 5.84. The molecule has 0 atom stereocenters. The van der Waals surface area contributed by atoms with Crippen molar-refractivity contribution >= 4 is 27.2 Å². The van der Waals surface area contributed by atoms with Gasteiger partial charge in [0.15, 0.2) is 0 Å². The van der Waals surface area contributed by atoms with Crippen LogP contribution in [0.15, 0.2) is 29.7 Å². The van der Waals surface area contributed by atoms with E-state index >= 15 is 0 Å². The first-order valence-electron chi connectivity index (χ1n) is 3.85. The van der Waals surface area contributed by atoms with Gasteiger partial charge in [-0.05, 0) is 30.2 Å². The van der Waals surface area contributed by atoms with Crippen molar-refractivity contribution in [1.29, 1.82) is 0 Å². The number of sulfonamides is 1. The Hall–Kier alpha value is -0.840. The molecule has 0 aromatic heterocycles. The number of primary sulfonamides is 1. The van der Waals surface area contributed by atoms with Crippen LogP contribution in [0.1, 0.15) is 12.5 Å². The first-order chi connectivity index (χ1) is 6.38. The molecule has 0 saturated carbocycles. The topological polar surface area (TPSA) is 60.2 Å². The van der Waals surface area contributed by atoms with E-state index in [0.717, 1.165) is 11.0 Å². The fourth-order valence-corrected chi connectivity index (χ4v) is 1.87. The quantitative estimate of drug-likeness (QED) is 0.846. The SMILES string of the molecule is C/C(=C\S(N)(=O)=O)c1cccc(Cl)c1. The summed E-state index contributed by atoms with van der Waals surface area (Å²) >= 11 is 5.75. The van der Waals surface area contributed by atoms with E-state index in [1.54, 1.807) is 31.2 Å². The van der Waals surface area contributed by atoms with Crippen molar-refractivity contribution in [3.8, 4) is 0 Å². The molecular weight excluding hydrogens is 222 g/mol. The largest absolute Gasteiger partial charge is 0.231 e. The van der Waals surface area contributed by atoms with Gasteiger partial charge in [0, 0.05) is 10.4 Å². The van der Waals surface area contributed by atoms with Gasteiger partial charge in [0.05, 0.1) is 0 Å². The van der Waals surface area contributed by atoms with Gasteiger partial charge in [-0.25, -0.2) is 13.6 Å². The Morgan fingerprint density at radius 3 is 2.64 bits per heavy atom. The van der Waals surface area contributed by atoms with Gasteiger partial charge in [-0.2, -0.15) is 0 Å². The molecule has 0 amide bonds. The molecule has 5 heteroatoms. The maximum atomic E-state index is 10.8. The average molecular weight is 232 g/mol. The van der Waals surface area contributed by atoms with Crippen LogP contribution in [0, 0.1) is 0 Å². The Kier molecular flexibility index (Phi) is 3.31. The number of benzene rings is 1. The Labute approximate surface area is 88.2 Å². The van der Waals surface area contributed by atoms with E-state index in [4.69, 9.17) is 16.7 Å². The fraction of sp³-hybridized carbons (Fsp3) is 0.111. The van der Waals surface area contributed by atoms with Gasteiger partial charge in [0.2, 0.25) is 10.0 Å². The third-order valence-corrected chi connectivity index (χ3v) is 2.54. The molecule has 0 aliphatic heterocycles. The van der Waals surface area contributed by atoms with Crippen LogP contribution in [-0.2, 0) is 10.0 Å². The Morgan fingerprint density at radius 2 is 2.14 bits per heavy atom. The van der Waals surface area contributed by atoms with E-state index < -0.39 is 10.0 Å². The lowest BCUT2D eigenvalue weighted by molar-refractivity contribution is 0.606. The summed E-state index contributed by atoms with van der Waals surface area (Å²) in [6.45, 7) is 1.66. The molecule has 0 unspecified atom stereocenters. The Bertz CT molecular complexity index is 465. The van der Waals surface area contributed by atoms with Crippen molar-refractivity contribution in [1.82, 2.24) is 0 Å². The van der Waals surface area contributed by atoms with Gasteiger partial charge >= 0.3 is 0 Å². The molecule has 3 nitrogen and oxygen atoms in total. The number of nitrogens with two attached hydrogens (primary N) is 1. The molecule has 1 aromatic rings. The lowest BCUT2D eigenvalue weighted by Crippen LogP contribution is -2.07. The van der Waals surface area contributed by atoms with E-state index in [1.165, 1.54) is 0 Å². The number of allylic oxidation sites excluding steroid dienone is 1. The molecular formula is C9H10ClNO2S. The van der Waals surface area contributed by atoms with Crippen LogP contribution in [0.4, 0.5) is 0 Å². The molecule has 0 aliphatic rings. The first kappa shape index (κ1) is 11.2. The molecule has 0 aliphatic carbocycles. The number of hydrogen-bond acceptors (Lipinski definition) is 2. The second-order valence-electron chi connectivity index (χ2n) is 2.90. The van der Waals surface area contributed by atoms with Crippen LogP contribution in [0.3, 0.4) is 0 Å². The molecule has 1 rings (SSSR count). The molecule has 0 bridgehead atoms. The molecule has 0 radical (unpaired) electrons. The monoisotopic (exact) mass is 231 g/mol. The summed E-state index contributed by atoms with van der Waals surface area (Å²) in [7, 11) is -3.59. The van der Waals surface area contributed by atoms with Gasteiger partial charge in [-0.15, -0.1) is 0 Å². The van der Waals surface area contributed by atoms with Crippen molar-refractivity contribution < 1.29 is 8.42 Å². The molecule has 0 spiro atoms. The molecule has 2 N–H and O–H groups in total. The van der Waals surface area contributed by atoms with Crippen LogP contribution >= 0.6 is 11.6 Å². The summed E-state index contributed by atoms with van der Waals surface area (Å²) in [5.74, 6) is 0. The maximum Gasteiger partial charge on any atom is 0.231 e. The number of rotatable bonds is 2. The van der Waals surface area contributed by atoms with Crippen LogP contribution < -0.4 is 5.14 Å². The average Bonchev–Trinajstić information content (AvgIpc) is 2.01. The van der Waals surface area contributed by atoms with Crippen LogP contribution in [0.25, 0.3) is 5.57 Å². The standard InChI is InChI=1S/C9H10ClNO2S/c1-7(6-14(11,12)13)8-3-2-4-9(10)5-8/h2-6H,1H3,(H2,11,12,13)/b7-6+. The van der Waals surface area contributed by atoms with Gasteiger partial charge in [0.25, 0.3) is 0 Å². The van der Waals surface area contributed by atoms with E-state index in [0.29, 0.717) is 10.6 Å². The third kappa shape index (κ3) is 3.49. The van der Waals surface area contributed by atoms with Crippen LogP contribution in [0.2, 0.25) is 5.02 Å². The zero-order valence-electron chi connectivity index (χ0n) is 7.57. The summed E-state index contributed by atoms with van der Waals surface area (Å²) < 4.78 is 21.5. The van der Waals surface area contributed by atoms with E-state index in [1.807, 2.05) is 0 Å². The van der Waals surface area contributed by atoms with E-state index in [9.17, 15) is 8.42 Å². The van der Waals surface area contributed by atoms with Crippen molar-refractivity contribution in [3.63, 3.8) is 0 Å². The van der Waals surface area contributed by atoms with Gasteiger partial charge < -0.3 is 0 Å². The predicted octanol–water partition coefficient (Wildman–Crippen LogP) is 1.99. The minimum absolute atomic E-state index is 0.560. The molecule has 0 fully saturated rings.